The van der Waals surface area contributed by atoms with Crippen LogP contribution < -0.4 is 0 Å². The molecule has 0 aromatic heterocycles. The first kappa shape index (κ1) is 10.9. The summed E-state index contributed by atoms with van der Waals surface area (Å²) in [5, 5.41) is 23.7. The van der Waals surface area contributed by atoms with Crippen molar-refractivity contribution >= 4 is 5.71 Å². The maximum Gasteiger partial charge on any atom is 0.250 e. The second-order valence-electron chi connectivity index (χ2n) is 5.29. The van der Waals surface area contributed by atoms with Gasteiger partial charge < -0.3 is 10.4 Å². The van der Waals surface area contributed by atoms with Crippen LogP contribution in [0.25, 0.3) is 0 Å². The van der Waals surface area contributed by atoms with Crippen molar-refractivity contribution < 1.29 is 9.95 Å². The lowest BCUT2D eigenvalue weighted by atomic mass is 9.88. The highest BCUT2D eigenvalue weighted by molar-refractivity contribution is 5.87. The normalized spacial score (nSPS) is 30.1. The minimum Gasteiger partial charge on any atom is -0.622 e. The molecule has 4 heteroatoms. The molecule has 2 rings (SSSR count). The van der Waals surface area contributed by atoms with Gasteiger partial charge in [-0.2, -0.15) is 4.74 Å². The van der Waals surface area contributed by atoms with Crippen LogP contribution in [0.15, 0.2) is 0 Å². The molecule has 0 bridgehead atoms. The summed E-state index contributed by atoms with van der Waals surface area (Å²) in [7, 11) is 0. The van der Waals surface area contributed by atoms with Crippen LogP contribution in [0.4, 0.5) is 0 Å². The maximum atomic E-state index is 12.2. The predicted octanol–water partition coefficient (Wildman–Crippen LogP) is 2.10. The standard InChI is InChI=1S/C11H20N2O2/c1-9-10(2,3)13(15)11(12(9)14)7-5-4-6-8-11/h15H,4-8H2,1-3H3. The summed E-state index contributed by atoms with van der Waals surface area (Å²) in [6.07, 6.45) is 4.77. The number of rotatable bonds is 0. The number of hydrogen-bond acceptors (Lipinski definition) is 3. The van der Waals surface area contributed by atoms with Gasteiger partial charge in [0.2, 0.25) is 0 Å². The molecule has 15 heavy (non-hydrogen) atoms. The first-order valence-corrected chi connectivity index (χ1v) is 5.73. The van der Waals surface area contributed by atoms with Crippen molar-refractivity contribution in [1.82, 2.24) is 5.06 Å². The van der Waals surface area contributed by atoms with Crippen molar-refractivity contribution in [3.05, 3.63) is 5.21 Å². The van der Waals surface area contributed by atoms with Crippen molar-refractivity contribution in [3.8, 4) is 0 Å². The Hall–Kier alpha value is -0.610. The van der Waals surface area contributed by atoms with Crippen LogP contribution in [0.1, 0.15) is 52.9 Å². The van der Waals surface area contributed by atoms with Gasteiger partial charge in [0.15, 0.2) is 5.71 Å². The van der Waals surface area contributed by atoms with Crippen LogP contribution in [0, 0.1) is 5.21 Å². The molecule has 0 atom stereocenters. The maximum absolute atomic E-state index is 12.2. The molecule has 0 saturated heterocycles. The summed E-state index contributed by atoms with van der Waals surface area (Å²) >= 11 is 0. The first-order chi connectivity index (χ1) is 6.93. The van der Waals surface area contributed by atoms with Gasteiger partial charge >= 0.3 is 0 Å². The van der Waals surface area contributed by atoms with Gasteiger partial charge in [0.1, 0.15) is 5.54 Å². The van der Waals surface area contributed by atoms with E-state index in [1.54, 1.807) is 0 Å². The van der Waals surface area contributed by atoms with E-state index in [4.69, 9.17) is 0 Å². The molecule has 0 aromatic carbocycles. The second-order valence-corrected chi connectivity index (χ2v) is 5.29. The average Bonchev–Trinajstić information content (AvgIpc) is 2.35. The molecule has 1 heterocycles. The quantitative estimate of drug-likeness (QED) is 0.494. The molecular weight excluding hydrogens is 192 g/mol. The lowest BCUT2D eigenvalue weighted by molar-refractivity contribution is -0.597. The van der Waals surface area contributed by atoms with Gasteiger partial charge in [-0.3, -0.25) is 0 Å². The smallest absolute Gasteiger partial charge is 0.250 e. The van der Waals surface area contributed by atoms with Crippen molar-refractivity contribution in [2.45, 2.75) is 64.1 Å². The Bertz CT molecular complexity index is 304. The van der Waals surface area contributed by atoms with E-state index in [1.165, 1.54) is 11.5 Å². The summed E-state index contributed by atoms with van der Waals surface area (Å²) in [6.45, 7) is 5.62. The summed E-state index contributed by atoms with van der Waals surface area (Å²) in [4.78, 5) is 0. The SMILES string of the molecule is CC1=[N+]([O-])C2(CCCCC2)N(O)C1(C)C. The molecule has 4 nitrogen and oxygen atoms in total. The van der Waals surface area contributed by atoms with E-state index in [-0.39, 0.29) is 0 Å². The monoisotopic (exact) mass is 212 g/mol. The molecule has 2 aliphatic rings. The Morgan fingerprint density at radius 2 is 1.80 bits per heavy atom. The lowest BCUT2D eigenvalue weighted by Gasteiger charge is -2.38. The zero-order valence-electron chi connectivity index (χ0n) is 9.79. The Labute approximate surface area is 90.7 Å². The molecular formula is C11H20N2O2. The minimum atomic E-state index is -0.675. The largest absolute Gasteiger partial charge is 0.622 e. The number of nitrogens with zero attached hydrogens (tertiary/aromatic N) is 2. The third-order valence-corrected chi connectivity index (χ3v) is 4.15. The molecule has 1 aliphatic carbocycles. The molecule has 1 fully saturated rings. The Morgan fingerprint density at radius 1 is 1.27 bits per heavy atom. The lowest BCUT2D eigenvalue weighted by Crippen LogP contribution is -2.55. The van der Waals surface area contributed by atoms with E-state index in [2.05, 4.69) is 0 Å². The highest BCUT2D eigenvalue weighted by Crippen LogP contribution is 2.42. The van der Waals surface area contributed by atoms with E-state index in [0.717, 1.165) is 30.4 Å². The fourth-order valence-corrected chi connectivity index (χ4v) is 2.85. The molecule has 1 aliphatic heterocycles. The van der Waals surface area contributed by atoms with Crippen molar-refractivity contribution in [3.63, 3.8) is 0 Å². The molecule has 1 N–H and O–H groups in total. The van der Waals surface area contributed by atoms with Crippen LogP contribution in [0.3, 0.4) is 0 Å². The van der Waals surface area contributed by atoms with Crippen LogP contribution in [0.5, 0.6) is 0 Å². The Balaban J connectivity index is 2.42. The summed E-state index contributed by atoms with van der Waals surface area (Å²) in [5.41, 5.74) is -0.489. The average molecular weight is 212 g/mol. The molecule has 0 unspecified atom stereocenters. The number of hydrogen-bond donors (Lipinski definition) is 1. The second kappa shape index (κ2) is 3.19. The summed E-state index contributed by atoms with van der Waals surface area (Å²) < 4.78 is 1.05. The predicted molar refractivity (Wildman–Crippen MR) is 57.8 cm³/mol. The topological polar surface area (TPSA) is 49.5 Å². The van der Waals surface area contributed by atoms with Crippen molar-refractivity contribution in [1.29, 1.82) is 0 Å². The molecule has 0 aromatic rings. The van der Waals surface area contributed by atoms with Crippen LogP contribution >= 0.6 is 0 Å². The van der Waals surface area contributed by atoms with Crippen molar-refractivity contribution in [2.75, 3.05) is 0 Å². The summed E-state index contributed by atoms with van der Waals surface area (Å²) in [5.74, 6) is 0. The van der Waals surface area contributed by atoms with E-state index >= 15 is 0 Å². The fourth-order valence-electron chi connectivity index (χ4n) is 2.85. The molecule has 1 spiro atoms. The zero-order chi connectivity index (χ0) is 11.3. The van der Waals surface area contributed by atoms with Crippen LogP contribution in [0.2, 0.25) is 0 Å². The van der Waals surface area contributed by atoms with Gasteiger partial charge in [-0.15, -0.1) is 5.06 Å². The zero-order valence-corrected chi connectivity index (χ0v) is 9.79. The van der Waals surface area contributed by atoms with E-state index < -0.39 is 11.2 Å². The highest BCUT2D eigenvalue weighted by Gasteiger charge is 2.60. The Morgan fingerprint density at radius 3 is 2.20 bits per heavy atom. The van der Waals surface area contributed by atoms with Gasteiger partial charge in [0.25, 0.3) is 5.66 Å². The Kier molecular flexibility index (Phi) is 2.32. The fraction of sp³-hybridized carbons (Fsp3) is 0.909. The third kappa shape index (κ3) is 1.24. The number of hydroxylamine groups is 3. The minimum absolute atomic E-state index is 0.529. The van der Waals surface area contributed by atoms with Crippen LogP contribution in [-0.2, 0) is 0 Å². The molecule has 0 amide bonds. The van der Waals surface area contributed by atoms with E-state index in [1.807, 2.05) is 20.8 Å². The van der Waals surface area contributed by atoms with Crippen LogP contribution in [-0.4, -0.2) is 31.9 Å². The first-order valence-electron chi connectivity index (χ1n) is 5.73. The highest BCUT2D eigenvalue weighted by atomic mass is 16.6. The van der Waals surface area contributed by atoms with Gasteiger partial charge in [0, 0.05) is 19.8 Å². The van der Waals surface area contributed by atoms with Gasteiger partial charge in [-0.25, -0.2) is 0 Å². The van der Waals surface area contributed by atoms with Gasteiger partial charge in [-0.1, -0.05) is 6.42 Å². The molecule has 0 radical (unpaired) electrons. The van der Waals surface area contributed by atoms with Gasteiger partial charge in [0.05, 0.1) is 0 Å². The molecule has 1 saturated carbocycles. The van der Waals surface area contributed by atoms with Crippen molar-refractivity contribution in [2.24, 2.45) is 0 Å². The summed E-state index contributed by atoms with van der Waals surface area (Å²) in [6, 6.07) is 0. The van der Waals surface area contributed by atoms with Gasteiger partial charge in [-0.05, 0) is 26.7 Å². The molecule has 86 valence electrons. The van der Waals surface area contributed by atoms with E-state index in [0.29, 0.717) is 5.71 Å². The van der Waals surface area contributed by atoms with E-state index in [9.17, 15) is 10.4 Å². The third-order valence-electron chi connectivity index (χ3n) is 4.15.